The molecular weight excluding hydrogens is 357 g/mol. The lowest BCUT2D eigenvalue weighted by molar-refractivity contribution is -0.115. The topological polar surface area (TPSA) is 78.5 Å². The van der Waals surface area contributed by atoms with Crippen molar-refractivity contribution in [1.29, 1.82) is 0 Å². The summed E-state index contributed by atoms with van der Waals surface area (Å²) >= 11 is 0. The Hall–Kier alpha value is -3.36. The minimum Gasteiger partial charge on any atom is -0.360 e. The summed E-state index contributed by atoms with van der Waals surface area (Å²) in [4.78, 5) is 15.9. The molecule has 0 amide bonds. The number of H-pyrrole nitrogens is 1. The molecule has 0 unspecified atom stereocenters. The van der Waals surface area contributed by atoms with Gasteiger partial charge in [0, 0.05) is 23.0 Å². The van der Waals surface area contributed by atoms with Gasteiger partial charge in [0.2, 0.25) is 5.95 Å². The van der Waals surface area contributed by atoms with Gasteiger partial charge in [-0.25, -0.2) is 0 Å². The van der Waals surface area contributed by atoms with Gasteiger partial charge >= 0.3 is 6.18 Å². The van der Waals surface area contributed by atoms with Gasteiger partial charge in [0.05, 0.1) is 10.9 Å². The number of nitrogens with zero attached hydrogens (tertiary/aromatic N) is 3. The lowest BCUT2D eigenvalue weighted by atomic mass is 10.2. The predicted molar refractivity (Wildman–Crippen MR) is 98.2 cm³/mol. The van der Waals surface area contributed by atoms with Crippen LogP contribution < -0.4 is 10.6 Å². The molecule has 0 saturated carbocycles. The first-order valence-electron chi connectivity index (χ1n) is 8.18. The Labute approximate surface area is 151 Å². The first-order valence-corrected chi connectivity index (χ1v) is 8.18. The summed E-state index contributed by atoms with van der Waals surface area (Å²) < 4.78 is 37.7. The maximum absolute atomic E-state index is 12.6. The van der Waals surface area contributed by atoms with Crippen LogP contribution in [0, 0.1) is 6.92 Å². The summed E-state index contributed by atoms with van der Waals surface area (Å²) in [5, 5.41) is 6.83. The van der Waals surface area contributed by atoms with Crippen LogP contribution in [0.1, 0.15) is 5.69 Å². The highest BCUT2D eigenvalue weighted by Gasteiger charge is 2.27. The van der Waals surface area contributed by atoms with E-state index in [9.17, 15) is 13.2 Å². The van der Waals surface area contributed by atoms with E-state index in [4.69, 9.17) is 0 Å². The van der Waals surface area contributed by atoms with E-state index in [1.165, 1.54) is 0 Å². The summed E-state index contributed by atoms with van der Waals surface area (Å²) in [6.45, 7) is 0.726. The molecule has 0 aliphatic heterocycles. The third-order valence-electron chi connectivity index (χ3n) is 3.96. The molecule has 0 aliphatic carbocycles. The SMILES string of the molecule is Cc1ccc2ccc(Nc3nc(NCC(F)(F)F)c4cc[nH]c4n3)cc2n1. The van der Waals surface area contributed by atoms with Crippen molar-refractivity contribution in [2.75, 3.05) is 17.2 Å². The van der Waals surface area contributed by atoms with Crippen LogP contribution in [0.4, 0.5) is 30.6 Å². The Bertz CT molecular complexity index is 1120. The molecular formula is C18H15F3N6. The lowest BCUT2D eigenvalue weighted by Gasteiger charge is -2.12. The third-order valence-corrected chi connectivity index (χ3v) is 3.96. The monoisotopic (exact) mass is 372 g/mol. The van der Waals surface area contributed by atoms with E-state index in [2.05, 4.69) is 30.6 Å². The number of nitrogens with one attached hydrogen (secondary N) is 3. The summed E-state index contributed by atoms with van der Waals surface area (Å²) in [5.41, 5.74) is 2.82. The highest BCUT2D eigenvalue weighted by atomic mass is 19.4. The van der Waals surface area contributed by atoms with Crippen molar-refractivity contribution in [3.05, 3.63) is 48.3 Å². The van der Waals surface area contributed by atoms with Crippen molar-refractivity contribution in [2.45, 2.75) is 13.1 Å². The smallest absolute Gasteiger partial charge is 0.360 e. The van der Waals surface area contributed by atoms with Crippen LogP contribution in [0.25, 0.3) is 21.9 Å². The number of aromatic nitrogens is 4. The number of pyridine rings is 1. The molecule has 9 heteroatoms. The molecule has 138 valence electrons. The van der Waals surface area contributed by atoms with Crippen molar-refractivity contribution < 1.29 is 13.2 Å². The van der Waals surface area contributed by atoms with Crippen molar-refractivity contribution >= 4 is 39.4 Å². The fourth-order valence-electron chi connectivity index (χ4n) is 2.74. The molecule has 3 N–H and O–H groups in total. The second-order valence-electron chi connectivity index (χ2n) is 6.09. The summed E-state index contributed by atoms with van der Waals surface area (Å²) in [5.74, 6) is 0.289. The van der Waals surface area contributed by atoms with Gasteiger partial charge < -0.3 is 15.6 Å². The number of anilines is 3. The van der Waals surface area contributed by atoms with Gasteiger partial charge in [0.25, 0.3) is 0 Å². The molecule has 4 rings (SSSR count). The van der Waals surface area contributed by atoms with Crippen molar-refractivity contribution in [2.24, 2.45) is 0 Å². The fraction of sp³-hybridized carbons (Fsp3) is 0.167. The Balaban J connectivity index is 1.67. The lowest BCUT2D eigenvalue weighted by Crippen LogP contribution is -2.22. The maximum atomic E-state index is 12.6. The van der Waals surface area contributed by atoms with E-state index in [1.54, 1.807) is 12.3 Å². The second-order valence-corrected chi connectivity index (χ2v) is 6.09. The van der Waals surface area contributed by atoms with E-state index in [-0.39, 0.29) is 11.8 Å². The van der Waals surface area contributed by atoms with Crippen LogP contribution in [0.3, 0.4) is 0 Å². The van der Waals surface area contributed by atoms with E-state index in [0.717, 1.165) is 16.6 Å². The molecule has 27 heavy (non-hydrogen) atoms. The van der Waals surface area contributed by atoms with Crippen LogP contribution >= 0.6 is 0 Å². The molecule has 0 bridgehead atoms. The van der Waals surface area contributed by atoms with Crippen molar-refractivity contribution in [1.82, 2.24) is 19.9 Å². The second kappa shape index (κ2) is 6.42. The number of aromatic amines is 1. The molecule has 3 heterocycles. The number of hydrogen-bond acceptors (Lipinski definition) is 5. The summed E-state index contributed by atoms with van der Waals surface area (Å²) in [6, 6.07) is 11.1. The fourth-order valence-corrected chi connectivity index (χ4v) is 2.74. The molecule has 0 aliphatic rings. The van der Waals surface area contributed by atoms with Crippen LogP contribution in [0.2, 0.25) is 0 Å². The van der Waals surface area contributed by atoms with Gasteiger partial charge in [-0.15, -0.1) is 0 Å². The Kier molecular flexibility index (Phi) is 4.06. The summed E-state index contributed by atoms with van der Waals surface area (Å²) in [7, 11) is 0. The first-order chi connectivity index (χ1) is 12.9. The normalized spacial score (nSPS) is 11.9. The van der Waals surface area contributed by atoms with Gasteiger partial charge in [-0.05, 0) is 31.2 Å². The zero-order valence-corrected chi connectivity index (χ0v) is 14.2. The van der Waals surface area contributed by atoms with E-state index >= 15 is 0 Å². The molecule has 0 saturated heterocycles. The molecule has 0 fully saturated rings. The minimum absolute atomic E-state index is 0.107. The van der Waals surface area contributed by atoms with Gasteiger partial charge in [-0.3, -0.25) is 4.98 Å². The molecule has 6 nitrogen and oxygen atoms in total. The Morgan fingerprint density at radius 1 is 1.04 bits per heavy atom. The van der Waals surface area contributed by atoms with Gasteiger partial charge in [-0.1, -0.05) is 12.1 Å². The highest BCUT2D eigenvalue weighted by molar-refractivity contribution is 5.89. The summed E-state index contributed by atoms with van der Waals surface area (Å²) in [6.07, 6.45) is -2.74. The highest BCUT2D eigenvalue weighted by Crippen LogP contribution is 2.25. The third kappa shape index (κ3) is 3.76. The van der Waals surface area contributed by atoms with Gasteiger partial charge in [0.15, 0.2) is 0 Å². The first kappa shape index (κ1) is 17.1. The van der Waals surface area contributed by atoms with Gasteiger partial charge in [-0.2, -0.15) is 23.1 Å². The average Bonchev–Trinajstić information content (AvgIpc) is 3.07. The Morgan fingerprint density at radius 3 is 2.67 bits per heavy atom. The number of fused-ring (bicyclic) bond motifs is 2. The molecule has 0 radical (unpaired) electrons. The maximum Gasteiger partial charge on any atom is 0.405 e. The average molecular weight is 372 g/mol. The van der Waals surface area contributed by atoms with E-state index in [0.29, 0.717) is 16.7 Å². The van der Waals surface area contributed by atoms with E-state index < -0.39 is 12.7 Å². The van der Waals surface area contributed by atoms with Crippen LogP contribution in [-0.2, 0) is 0 Å². The quantitative estimate of drug-likeness (QED) is 0.490. The number of aryl methyl sites for hydroxylation is 1. The van der Waals surface area contributed by atoms with Crippen LogP contribution in [0.5, 0.6) is 0 Å². The largest absolute Gasteiger partial charge is 0.405 e. The molecule has 1 aromatic carbocycles. The van der Waals surface area contributed by atoms with Crippen molar-refractivity contribution in [3.8, 4) is 0 Å². The molecule has 4 aromatic rings. The number of rotatable bonds is 4. The number of hydrogen-bond donors (Lipinski definition) is 3. The zero-order chi connectivity index (χ0) is 19.0. The van der Waals surface area contributed by atoms with E-state index in [1.807, 2.05) is 37.3 Å². The minimum atomic E-state index is -4.34. The Morgan fingerprint density at radius 2 is 1.85 bits per heavy atom. The molecule has 0 spiro atoms. The van der Waals surface area contributed by atoms with Gasteiger partial charge in [0.1, 0.15) is 18.0 Å². The predicted octanol–water partition coefficient (Wildman–Crippen LogP) is 4.53. The number of benzene rings is 1. The molecule has 3 aromatic heterocycles. The number of halogens is 3. The number of alkyl halides is 3. The molecule has 0 atom stereocenters. The van der Waals surface area contributed by atoms with Crippen molar-refractivity contribution in [3.63, 3.8) is 0 Å². The van der Waals surface area contributed by atoms with Crippen LogP contribution in [-0.4, -0.2) is 32.7 Å². The standard InChI is InChI=1S/C18H15F3N6/c1-10-2-3-11-4-5-12(8-14(11)24-10)25-17-26-15-13(6-7-22-15)16(27-17)23-9-18(19,20)21/h2-8H,9H2,1H3,(H3,22,23,25,26,27). The van der Waals surface area contributed by atoms with Crippen LogP contribution in [0.15, 0.2) is 42.6 Å². The zero-order valence-electron chi connectivity index (χ0n) is 14.2.